The third kappa shape index (κ3) is 5.46. The van der Waals surface area contributed by atoms with Crippen LogP contribution in [-0.2, 0) is 6.42 Å². The van der Waals surface area contributed by atoms with Gasteiger partial charge in [-0.2, -0.15) is 13.2 Å². The van der Waals surface area contributed by atoms with Gasteiger partial charge in [-0.25, -0.2) is 4.98 Å². The Balaban J connectivity index is 2.76. The molecule has 0 aromatic carbocycles. The Morgan fingerprint density at radius 3 is 2.65 bits per heavy atom. The van der Waals surface area contributed by atoms with E-state index in [0.29, 0.717) is 12.1 Å². The van der Waals surface area contributed by atoms with Crippen molar-refractivity contribution in [1.82, 2.24) is 10.3 Å². The smallest absolute Gasteiger partial charge is 0.384 e. The van der Waals surface area contributed by atoms with Gasteiger partial charge in [0, 0.05) is 17.3 Å². The zero-order valence-corrected chi connectivity index (χ0v) is 11.4. The number of nitrogen functional groups attached to an aromatic ring is 1. The van der Waals surface area contributed by atoms with Gasteiger partial charge in [-0.15, -0.1) is 0 Å². The minimum Gasteiger partial charge on any atom is -0.384 e. The van der Waals surface area contributed by atoms with Crippen LogP contribution >= 0.6 is 0 Å². The molecular weight excluding hydrogens is 271 g/mol. The van der Waals surface area contributed by atoms with Crippen LogP contribution < -0.4 is 11.1 Å². The molecule has 0 bridgehead atoms. The van der Waals surface area contributed by atoms with E-state index in [2.05, 4.69) is 10.3 Å². The number of pyridine rings is 1. The first-order chi connectivity index (χ1) is 9.21. The van der Waals surface area contributed by atoms with Crippen molar-refractivity contribution in [2.75, 3.05) is 5.73 Å². The fraction of sp³-hybridized carbons (Fsp3) is 0.538. The predicted molar refractivity (Wildman–Crippen MR) is 70.2 cm³/mol. The molecule has 0 aliphatic carbocycles. The van der Waals surface area contributed by atoms with Gasteiger partial charge < -0.3 is 11.1 Å². The third-order valence-electron chi connectivity index (χ3n) is 2.58. The van der Waals surface area contributed by atoms with E-state index < -0.39 is 24.5 Å². The number of amides is 1. The molecule has 3 N–H and O–H groups in total. The number of nitrogens with zero attached hydrogens (tertiary/aromatic N) is 1. The number of carbonyl (C=O) groups is 1. The summed E-state index contributed by atoms with van der Waals surface area (Å²) in [6.45, 7) is 3.26. The first-order valence-electron chi connectivity index (χ1n) is 6.35. The van der Waals surface area contributed by atoms with Gasteiger partial charge in [0.25, 0.3) is 5.91 Å². The molecule has 7 heteroatoms. The van der Waals surface area contributed by atoms with E-state index in [1.807, 2.05) is 6.92 Å². The molecule has 1 atom stereocenters. The number of rotatable bonds is 5. The molecular formula is C13H18F3N3O. The number of halogens is 3. The SMILES string of the molecule is CCCc1cc(C(=O)NC(C)CC(F)(F)F)cc(N)n1. The maximum atomic E-state index is 12.2. The van der Waals surface area contributed by atoms with E-state index in [4.69, 9.17) is 5.73 Å². The monoisotopic (exact) mass is 289 g/mol. The molecule has 1 unspecified atom stereocenters. The van der Waals surface area contributed by atoms with Gasteiger partial charge in [-0.3, -0.25) is 4.79 Å². The second kappa shape index (κ2) is 6.58. The molecule has 0 saturated heterocycles. The van der Waals surface area contributed by atoms with Gasteiger partial charge in [0.15, 0.2) is 0 Å². The standard InChI is InChI=1S/C13H18F3N3O/c1-3-4-10-5-9(6-11(17)19-10)12(20)18-8(2)7-13(14,15)16/h5-6,8H,3-4,7H2,1-2H3,(H2,17,19)(H,18,20). The maximum absolute atomic E-state index is 12.2. The Hall–Kier alpha value is -1.79. The summed E-state index contributed by atoms with van der Waals surface area (Å²) in [4.78, 5) is 16.0. The summed E-state index contributed by atoms with van der Waals surface area (Å²) >= 11 is 0. The summed E-state index contributed by atoms with van der Waals surface area (Å²) in [6, 6.07) is 1.91. The van der Waals surface area contributed by atoms with E-state index in [1.165, 1.54) is 13.0 Å². The lowest BCUT2D eigenvalue weighted by Crippen LogP contribution is -2.36. The van der Waals surface area contributed by atoms with Crippen LogP contribution in [0.15, 0.2) is 12.1 Å². The molecule has 1 aromatic rings. The lowest BCUT2D eigenvalue weighted by Gasteiger charge is -2.16. The van der Waals surface area contributed by atoms with Crippen LogP contribution in [0.2, 0.25) is 0 Å². The maximum Gasteiger partial charge on any atom is 0.391 e. The second-order valence-electron chi connectivity index (χ2n) is 4.72. The van der Waals surface area contributed by atoms with Crippen LogP contribution in [0.1, 0.15) is 42.7 Å². The summed E-state index contributed by atoms with van der Waals surface area (Å²) in [5.74, 6) is -0.391. The van der Waals surface area contributed by atoms with Crippen LogP contribution in [0.5, 0.6) is 0 Å². The van der Waals surface area contributed by atoms with Crippen molar-refractivity contribution < 1.29 is 18.0 Å². The molecule has 0 spiro atoms. The van der Waals surface area contributed by atoms with E-state index in [1.54, 1.807) is 6.07 Å². The average molecular weight is 289 g/mol. The molecule has 4 nitrogen and oxygen atoms in total. The molecule has 0 aliphatic rings. The highest BCUT2D eigenvalue weighted by atomic mass is 19.4. The largest absolute Gasteiger partial charge is 0.391 e. The van der Waals surface area contributed by atoms with Gasteiger partial charge in [0.2, 0.25) is 0 Å². The number of aryl methyl sites for hydroxylation is 1. The molecule has 1 heterocycles. The van der Waals surface area contributed by atoms with E-state index in [0.717, 1.165) is 6.42 Å². The average Bonchev–Trinajstić information content (AvgIpc) is 2.25. The first kappa shape index (κ1) is 16.3. The van der Waals surface area contributed by atoms with Crippen molar-refractivity contribution in [3.05, 3.63) is 23.4 Å². The Morgan fingerprint density at radius 1 is 1.45 bits per heavy atom. The highest BCUT2D eigenvalue weighted by molar-refractivity contribution is 5.95. The van der Waals surface area contributed by atoms with Gasteiger partial charge in [0.1, 0.15) is 5.82 Å². The summed E-state index contributed by atoms with van der Waals surface area (Å²) < 4.78 is 36.6. The summed E-state index contributed by atoms with van der Waals surface area (Å²) in [7, 11) is 0. The first-order valence-corrected chi connectivity index (χ1v) is 6.35. The van der Waals surface area contributed by atoms with Crippen LogP contribution in [0.25, 0.3) is 0 Å². The van der Waals surface area contributed by atoms with Crippen LogP contribution in [0.3, 0.4) is 0 Å². The number of aromatic nitrogens is 1. The van der Waals surface area contributed by atoms with Crippen LogP contribution in [0.4, 0.5) is 19.0 Å². The summed E-state index contributed by atoms with van der Waals surface area (Å²) in [6.07, 6.45) is -3.89. The zero-order chi connectivity index (χ0) is 15.3. The second-order valence-corrected chi connectivity index (χ2v) is 4.72. The molecule has 1 rings (SSSR count). The lowest BCUT2D eigenvalue weighted by molar-refractivity contribution is -0.138. The lowest BCUT2D eigenvalue weighted by atomic mass is 10.1. The molecule has 0 aliphatic heterocycles. The number of anilines is 1. The number of nitrogens with two attached hydrogens (primary N) is 1. The normalized spacial score (nSPS) is 13.1. The predicted octanol–water partition coefficient (Wildman–Crippen LogP) is 2.69. The molecule has 1 amide bonds. The summed E-state index contributed by atoms with van der Waals surface area (Å²) in [5.41, 5.74) is 6.47. The molecule has 112 valence electrons. The Morgan fingerprint density at radius 2 is 2.10 bits per heavy atom. The Kier molecular flexibility index (Phi) is 5.35. The number of alkyl halides is 3. The van der Waals surface area contributed by atoms with Crippen molar-refractivity contribution in [2.45, 2.75) is 45.3 Å². The third-order valence-corrected chi connectivity index (χ3v) is 2.58. The van der Waals surface area contributed by atoms with E-state index in [-0.39, 0.29) is 11.4 Å². The van der Waals surface area contributed by atoms with Gasteiger partial charge in [-0.05, 0) is 25.5 Å². The van der Waals surface area contributed by atoms with Crippen LogP contribution in [0, 0.1) is 0 Å². The van der Waals surface area contributed by atoms with Crippen molar-refractivity contribution in [3.8, 4) is 0 Å². The number of carbonyl (C=O) groups excluding carboxylic acids is 1. The zero-order valence-electron chi connectivity index (χ0n) is 11.4. The van der Waals surface area contributed by atoms with Crippen molar-refractivity contribution in [1.29, 1.82) is 0 Å². The highest BCUT2D eigenvalue weighted by Crippen LogP contribution is 2.21. The molecule has 0 radical (unpaired) electrons. The number of hydrogen-bond acceptors (Lipinski definition) is 3. The summed E-state index contributed by atoms with van der Waals surface area (Å²) in [5, 5.41) is 2.31. The molecule has 0 saturated carbocycles. The Bertz CT molecular complexity index is 474. The molecule has 1 aromatic heterocycles. The number of hydrogen-bond donors (Lipinski definition) is 2. The van der Waals surface area contributed by atoms with Gasteiger partial charge in [0.05, 0.1) is 6.42 Å². The molecule has 20 heavy (non-hydrogen) atoms. The van der Waals surface area contributed by atoms with Gasteiger partial charge in [-0.1, -0.05) is 13.3 Å². The van der Waals surface area contributed by atoms with E-state index in [9.17, 15) is 18.0 Å². The minimum absolute atomic E-state index is 0.185. The number of nitrogens with one attached hydrogen (secondary N) is 1. The van der Waals surface area contributed by atoms with Crippen molar-refractivity contribution in [3.63, 3.8) is 0 Å². The highest BCUT2D eigenvalue weighted by Gasteiger charge is 2.30. The van der Waals surface area contributed by atoms with Crippen molar-refractivity contribution in [2.24, 2.45) is 0 Å². The quantitative estimate of drug-likeness (QED) is 0.875. The topological polar surface area (TPSA) is 68.0 Å². The van der Waals surface area contributed by atoms with E-state index >= 15 is 0 Å². The fourth-order valence-electron chi connectivity index (χ4n) is 1.83. The van der Waals surface area contributed by atoms with Crippen molar-refractivity contribution >= 4 is 11.7 Å². The molecule has 0 fully saturated rings. The fourth-order valence-corrected chi connectivity index (χ4v) is 1.83. The Labute approximate surface area is 115 Å². The van der Waals surface area contributed by atoms with Crippen LogP contribution in [-0.4, -0.2) is 23.1 Å². The minimum atomic E-state index is -4.31. The van der Waals surface area contributed by atoms with Gasteiger partial charge >= 0.3 is 6.18 Å².